The van der Waals surface area contributed by atoms with Crippen molar-refractivity contribution in [3.63, 3.8) is 0 Å². The molecule has 0 saturated heterocycles. The second-order valence-corrected chi connectivity index (χ2v) is 6.40. The van der Waals surface area contributed by atoms with Crippen molar-refractivity contribution >= 4 is 6.03 Å². The van der Waals surface area contributed by atoms with Gasteiger partial charge in [-0.25, -0.2) is 14.2 Å². The lowest BCUT2D eigenvalue weighted by Crippen LogP contribution is -2.36. The van der Waals surface area contributed by atoms with Crippen molar-refractivity contribution in [1.29, 1.82) is 0 Å². The lowest BCUT2D eigenvalue weighted by atomic mass is 10.1. The molecule has 2 N–H and O–H groups in total. The Bertz CT molecular complexity index is 951. The van der Waals surface area contributed by atoms with Gasteiger partial charge in [-0.1, -0.05) is 23.8 Å². The molecule has 1 aliphatic heterocycles. The molecule has 2 amide bonds. The smallest absolute Gasteiger partial charge is 0.318 e. The number of carbonyl (C=O) groups excluding carboxylic acids is 1. The van der Waals surface area contributed by atoms with Gasteiger partial charge in [0.05, 0.1) is 6.54 Å². The highest BCUT2D eigenvalue weighted by Gasteiger charge is 2.23. The number of carbonyl (C=O) groups is 1. The van der Waals surface area contributed by atoms with Crippen molar-refractivity contribution in [2.75, 3.05) is 0 Å². The number of hydrogen-bond donors (Lipinski definition) is 2. The number of urea groups is 1. The molecule has 2 aromatic carbocycles. The van der Waals surface area contributed by atoms with E-state index in [9.17, 15) is 9.18 Å². The molecule has 0 bridgehead atoms. The van der Waals surface area contributed by atoms with E-state index >= 15 is 0 Å². The topological polar surface area (TPSA) is 73.9 Å². The van der Waals surface area contributed by atoms with Gasteiger partial charge in [0.25, 0.3) is 0 Å². The molecule has 1 aromatic heterocycles. The number of H-pyrrole nitrogens is 1. The number of amides is 2. The molecule has 26 heavy (non-hydrogen) atoms. The summed E-state index contributed by atoms with van der Waals surface area (Å²) in [5, 5.41) is 9.77. The zero-order valence-electron chi connectivity index (χ0n) is 14.3. The van der Waals surface area contributed by atoms with E-state index in [2.05, 4.69) is 38.7 Å². The van der Waals surface area contributed by atoms with Gasteiger partial charge >= 0.3 is 6.03 Å². The van der Waals surface area contributed by atoms with Crippen LogP contribution in [-0.2, 0) is 19.6 Å². The van der Waals surface area contributed by atoms with Crippen molar-refractivity contribution in [3.8, 4) is 11.4 Å². The third kappa shape index (κ3) is 3.28. The Morgan fingerprint density at radius 3 is 2.77 bits per heavy atom. The monoisotopic (exact) mass is 351 g/mol. The third-order valence-electron chi connectivity index (χ3n) is 4.41. The number of rotatable bonds is 3. The molecular weight excluding hydrogens is 333 g/mol. The van der Waals surface area contributed by atoms with E-state index in [4.69, 9.17) is 0 Å². The van der Waals surface area contributed by atoms with Crippen LogP contribution in [-0.4, -0.2) is 26.1 Å². The van der Waals surface area contributed by atoms with Crippen molar-refractivity contribution in [2.24, 2.45) is 0 Å². The predicted octanol–water partition coefficient (Wildman–Crippen LogP) is 3.14. The maximum atomic E-state index is 13.0. The summed E-state index contributed by atoms with van der Waals surface area (Å²) < 4.78 is 13.0. The van der Waals surface area contributed by atoms with Crippen LogP contribution in [0.2, 0.25) is 0 Å². The van der Waals surface area contributed by atoms with E-state index < -0.39 is 0 Å². The molecule has 6 nitrogen and oxygen atoms in total. The van der Waals surface area contributed by atoms with Crippen LogP contribution in [0.15, 0.2) is 42.5 Å². The molecule has 0 aliphatic carbocycles. The van der Waals surface area contributed by atoms with E-state index in [1.165, 1.54) is 28.8 Å². The van der Waals surface area contributed by atoms with Gasteiger partial charge in [0.15, 0.2) is 5.82 Å². The minimum absolute atomic E-state index is 0.140. The third-order valence-corrected chi connectivity index (χ3v) is 4.41. The van der Waals surface area contributed by atoms with Crippen LogP contribution in [0.3, 0.4) is 0 Å². The molecule has 2 heterocycles. The van der Waals surface area contributed by atoms with Crippen LogP contribution in [0.1, 0.15) is 22.5 Å². The Balaban J connectivity index is 1.36. The predicted molar refractivity (Wildman–Crippen MR) is 94.4 cm³/mol. The van der Waals surface area contributed by atoms with Crippen molar-refractivity contribution < 1.29 is 9.18 Å². The van der Waals surface area contributed by atoms with Crippen molar-refractivity contribution in [2.45, 2.75) is 26.6 Å². The number of aromatic nitrogens is 3. The maximum absolute atomic E-state index is 13.0. The summed E-state index contributed by atoms with van der Waals surface area (Å²) in [7, 11) is 0. The highest BCUT2D eigenvalue weighted by Crippen LogP contribution is 2.23. The Morgan fingerprint density at radius 1 is 1.19 bits per heavy atom. The summed E-state index contributed by atoms with van der Waals surface area (Å²) in [5.41, 5.74) is 4.29. The number of halogens is 1. The largest absolute Gasteiger partial charge is 0.331 e. The van der Waals surface area contributed by atoms with Gasteiger partial charge in [-0.3, -0.25) is 5.10 Å². The summed E-state index contributed by atoms with van der Waals surface area (Å²) in [6.07, 6.45) is 0. The average molecular weight is 351 g/mol. The Hall–Kier alpha value is -3.22. The Kier molecular flexibility index (Phi) is 4.12. The number of hydrogen-bond acceptors (Lipinski definition) is 3. The first-order valence-electron chi connectivity index (χ1n) is 8.37. The van der Waals surface area contributed by atoms with Gasteiger partial charge in [0.1, 0.15) is 11.6 Å². The zero-order chi connectivity index (χ0) is 18.1. The first kappa shape index (κ1) is 16.3. The van der Waals surface area contributed by atoms with Gasteiger partial charge in [-0.05, 0) is 42.3 Å². The van der Waals surface area contributed by atoms with Crippen molar-refractivity contribution in [1.82, 2.24) is 25.4 Å². The Labute approximate surface area is 150 Å². The second kappa shape index (κ2) is 6.59. The number of benzene rings is 2. The van der Waals surface area contributed by atoms with Gasteiger partial charge in [0, 0.05) is 18.7 Å². The summed E-state index contributed by atoms with van der Waals surface area (Å²) in [5.74, 6) is 0.710. The van der Waals surface area contributed by atoms with Crippen molar-refractivity contribution in [3.05, 3.63) is 70.8 Å². The molecule has 7 heteroatoms. The molecule has 0 fully saturated rings. The quantitative estimate of drug-likeness (QED) is 0.761. The van der Waals surface area contributed by atoms with E-state index in [0.29, 0.717) is 30.3 Å². The van der Waals surface area contributed by atoms with E-state index in [0.717, 1.165) is 0 Å². The molecule has 0 spiro atoms. The summed E-state index contributed by atoms with van der Waals surface area (Å²) in [6, 6.07) is 12.1. The van der Waals surface area contributed by atoms with Crippen LogP contribution in [0.25, 0.3) is 11.4 Å². The minimum Gasteiger partial charge on any atom is -0.331 e. The minimum atomic E-state index is -0.307. The van der Waals surface area contributed by atoms with Crippen LogP contribution in [0.4, 0.5) is 9.18 Å². The summed E-state index contributed by atoms with van der Waals surface area (Å²) >= 11 is 0. The number of aryl methyl sites for hydroxylation is 1. The standard InChI is InChI=1S/C19H18FN5O/c1-12-2-3-14-10-25(11-15(14)8-12)19(26)21-9-17-22-18(24-23-17)13-4-6-16(20)7-5-13/h2-8H,9-11H2,1H3,(H,21,26)(H,22,23,24). The van der Waals surface area contributed by atoms with Gasteiger partial charge in [0.2, 0.25) is 0 Å². The van der Waals surface area contributed by atoms with Gasteiger partial charge < -0.3 is 10.2 Å². The highest BCUT2D eigenvalue weighted by molar-refractivity contribution is 5.75. The van der Waals surface area contributed by atoms with E-state index in [1.807, 2.05) is 6.92 Å². The molecular formula is C19H18FN5O. The number of fused-ring (bicyclic) bond motifs is 1. The van der Waals surface area contributed by atoms with Crippen LogP contribution < -0.4 is 5.32 Å². The van der Waals surface area contributed by atoms with E-state index in [-0.39, 0.29) is 18.4 Å². The second-order valence-electron chi connectivity index (χ2n) is 6.40. The fourth-order valence-electron chi connectivity index (χ4n) is 3.04. The van der Waals surface area contributed by atoms with Crippen LogP contribution >= 0.6 is 0 Å². The highest BCUT2D eigenvalue weighted by atomic mass is 19.1. The molecule has 1 aliphatic rings. The van der Waals surface area contributed by atoms with E-state index in [1.54, 1.807) is 17.0 Å². The number of nitrogens with zero attached hydrogens (tertiary/aromatic N) is 3. The lowest BCUT2D eigenvalue weighted by molar-refractivity contribution is 0.197. The Morgan fingerprint density at radius 2 is 1.96 bits per heavy atom. The molecule has 4 rings (SSSR count). The molecule has 0 saturated carbocycles. The molecule has 0 unspecified atom stereocenters. The SMILES string of the molecule is Cc1ccc2c(c1)CN(C(=O)NCc1nc(-c3ccc(F)cc3)n[nH]1)C2. The molecule has 0 atom stereocenters. The first-order chi connectivity index (χ1) is 12.6. The lowest BCUT2D eigenvalue weighted by Gasteiger charge is -2.15. The zero-order valence-corrected chi connectivity index (χ0v) is 14.3. The molecule has 3 aromatic rings. The van der Waals surface area contributed by atoms with Crippen LogP contribution in [0, 0.1) is 12.7 Å². The van der Waals surface area contributed by atoms with Crippen LogP contribution in [0.5, 0.6) is 0 Å². The average Bonchev–Trinajstić information content (AvgIpc) is 3.27. The maximum Gasteiger partial charge on any atom is 0.318 e. The van der Waals surface area contributed by atoms with Gasteiger partial charge in [-0.15, -0.1) is 0 Å². The first-order valence-corrected chi connectivity index (χ1v) is 8.37. The van der Waals surface area contributed by atoms with Gasteiger partial charge in [-0.2, -0.15) is 5.10 Å². The molecule has 132 valence electrons. The number of aromatic amines is 1. The fraction of sp³-hybridized carbons (Fsp3) is 0.211. The fourth-order valence-corrected chi connectivity index (χ4v) is 3.04. The summed E-state index contributed by atoms with van der Waals surface area (Å²) in [6.45, 7) is 3.52. The summed E-state index contributed by atoms with van der Waals surface area (Å²) in [4.78, 5) is 18.5. The number of nitrogens with one attached hydrogen (secondary N) is 2. The normalized spacial score (nSPS) is 12.9. The molecule has 0 radical (unpaired) electrons.